The predicted octanol–water partition coefficient (Wildman–Crippen LogP) is 1.49. The van der Waals surface area contributed by atoms with Gasteiger partial charge < -0.3 is 20.1 Å². The largest absolute Gasteiger partial charge is 0.461 e. The molecular weight excluding hydrogens is 310 g/mol. The summed E-state index contributed by atoms with van der Waals surface area (Å²) in [6.45, 7) is 3.30. The van der Waals surface area contributed by atoms with Crippen LogP contribution in [0.3, 0.4) is 0 Å². The highest BCUT2D eigenvalue weighted by Crippen LogP contribution is 2.07. The second kappa shape index (κ2) is 8.71. The van der Waals surface area contributed by atoms with Gasteiger partial charge >= 0.3 is 12.1 Å². The summed E-state index contributed by atoms with van der Waals surface area (Å²) in [6, 6.07) is 9.45. The maximum absolute atomic E-state index is 12.1. The summed E-state index contributed by atoms with van der Waals surface area (Å²) >= 11 is 0. The van der Waals surface area contributed by atoms with Crippen molar-refractivity contribution in [3.8, 4) is 0 Å². The number of esters is 1. The van der Waals surface area contributed by atoms with Crippen molar-refractivity contribution in [1.29, 1.82) is 0 Å². The topological polar surface area (TPSA) is 94.2 Å². The van der Waals surface area contributed by atoms with Crippen LogP contribution in [-0.2, 0) is 20.9 Å². The Labute approximate surface area is 140 Å². The summed E-state index contributed by atoms with van der Waals surface area (Å²) in [5, 5.41) is 0. The zero-order valence-corrected chi connectivity index (χ0v) is 13.6. The first-order chi connectivity index (χ1) is 11.6. The molecule has 2 N–H and O–H groups in total. The van der Waals surface area contributed by atoms with Gasteiger partial charge in [0.1, 0.15) is 12.3 Å². The molecule has 0 fully saturated rings. The van der Waals surface area contributed by atoms with Gasteiger partial charge in [-0.2, -0.15) is 0 Å². The Kier molecular flexibility index (Phi) is 6.36. The Morgan fingerprint density at radius 1 is 1.29 bits per heavy atom. The average molecular weight is 331 g/mol. The minimum atomic E-state index is -0.594. The molecule has 1 heterocycles. The molecule has 0 bridgehead atoms. The van der Waals surface area contributed by atoms with Crippen LogP contribution in [0.15, 0.2) is 47.1 Å². The Morgan fingerprint density at radius 2 is 2.04 bits per heavy atom. The van der Waals surface area contributed by atoms with E-state index in [1.807, 2.05) is 30.3 Å². The van der Waals surface area contributed by atoms with Crippen LogP contribution in [0.1, 0.15) is 12.5 Å². The molecule has 0 atom stereocenters. The van der Waals surface area contributed by atoms with E-state index in [2.05, 4.69) is 4.99 Å². The molecule has 1 aromatic carbocycles. The zero-order valence-electron chi connectivity index (χ0n) is 13.6. The van der Waals surface area contributed by atoms with E-state index in [4.69, 9.17) is 15.2 Å². The molecule has 0 radical (unpaired) electrons. The molecule has 0 aliphatic carbocycles. The number of aliphatic imine (C=N–C) groups is 1. The number of carbonyl (C=O) groups excluding carboxylic acids is 2. The van der Waals surface area contributed by atoms with Gasteiger partial charge in [-0.15, -0.1) is 0 Å². The van der Waals surface area contributed by atoms with Gasteiger partial charge in [0.25, 0.3) is 0 Å². The minimum absolute atomic E-state index is 0.0323. The van der Waals surface area contributed by atoms with Gasteiger partial charge in [-0.1, -0.05) is 30.3 Å². The van der Waals surface area contributed by atoms with Crippen LogP contribution >= 0.6 is 0 Å². The normalized spacial score (nSPS) is 14.8. The standard InChI is InChI=1S/C17H21N3O4/c1-2-23-16(21)15(18)10-14-11-20(9-8-19-14)17(22)24-12-13-6-4-3-5-7-13/h3-7,10H,2,8-9,11-12,18H2,1H3/b15-10-. The number of amides is 1. The second-order valence-corrected chi connectivity index (χ2v) is 5.15. The average Bonchev–Trinajstić information content (AvgIpc) is 2.61. The molecule has 24 heavy (non-hydrogen) atoms. The predicted molar refractivity (Wildman–Crippen MR) is 89.4 cm³/mol. The van der Waals surface area contributed by atoms with Crippen molar-refractivity contribution in [2.24, 2.45) is 10.7 Å². The number of nitrogens with two attached hydrogens (primary N) is 1. The van der Waals surface area contributed by atoms with Crippen molar-refractivity contribution in [2.75, 3.05) is 26.2 Å². The van der Waals surface area contributed by atoms with Crippen LogP contribution in [0, 0.1) is 0 Å². The van der Waals surface area contributed by atoms with Crippen LogP contribution in [-0.4, -0.2) is 48.9 Å². The Hall–Kier alpha value is -2.83. The third-order valence-electron chi connectivity index (χ3n) is 3.33. The van der Waals surface area contributed by atoms with Gasteiger partial charge in [-0.3, -0.25) is 4.99 Å². The quantitative estimate of drug-likeness (QED) is 0.651. The van der Waals surface area contributed by atoms with Crippen molar-refractivity contribution in [3.63, 3.8) is 0 Å². The summed E-state index contributed by atoms with van der Waals surface area (Å²) in [4.78, 5) is 29.5. The maximum atomic E-state index is 12.1. The lowest BCUT2D eigenvalue weighted by atomic mass is 10.2. The minimum Gasteiger partial charge on any atom is -0.461 e. The number of benzene rings is 1. The molecule has 7 heteroatoms. The van der Waals surface area contributed by atoms with Crippen molar-refractivity contribution >= 4 is 17.8 Å². The fraction of sp³-hybridized carbons (Fsp3) is 0.353. The van der Waals surface area contributed by atoms with Crippen molar-refractivity contribution in [1.82, 2.24) is 4.90 Å². The summed E-state index contributed by atoms with van der Waals surface area (Å²) in [5.41, 5.74) is 7.09. The maximum Gasteiger partial charge on any atom is 0.410 e. The monoisotopic (exact) mass is 331 g/mol. The Morgan fingerprint density at radius 3 is 2.75 bits per heavy atom. The lowest BCUT2D eigenvalue weighted by molar-refractivity contribution is -0.138. The summed E-state index contributed by atoms with van der Waals surface area (Å²) < 4.78 is 10.1. The van der Waals surface area contributed by atoms with E-state index in [1.54, 1.807) is 6.92 Å². The van der Waals surface area contributed by atoms with E-state index in [0.717, 1.165) is 5.56 Å². The third kappa shape index (κ3) is 5.12. The Balaban J connectivity index is 1.89. The first-order valence-electron chi connectivity index (χ1n) is 7.73. The van der Waals surface area contributed by atoms with Gasteiger partial charge in [-0.05, 0) is 18.6 Å². The zero-order chi connectivity index (χ0) is 17.4. The molecular formula is C17H21N3O4. The van der Waals surface area contributed by atoms with Gasteiger partial charge in [0.2, 0.25) is 0 Å². The van der Waals surface area contributed by atoms with E-state index in [9.17, 15) is 9.59 Å². The molecule has 1 aliphatic heterocycles. The van der Waals surface area contributed by atoms with Crippen LogP contribution in [0.25, 0.3) is 0 Å². The molecule has 7 nitrogen and oxygen atoms in total. The van der Waals surface area contributed by atoms with Gasteiger partial charge in [-0.25, -0.2) is 9.59 Å². The number of rotatable bonds is 5. The first-order valence-corrected chi connectivity index (χ1v) is 7.73. The number of carbonyl (C=O) groups is 2. The van der Waals surface area contributed by atoms with Gasteiger partial charge in [0, 0.05) is 6.54 Å². The van der Waals surface area contributed by atoms with Crippen LogP contribution in [0.5, 0.6) is 0 Å². The summed E-state index contributed by atoms with van der Waals surface area (Å²) in [7, 11) is 0. The van der Waals surface area contributed by atoms with Crippen LogP contribution < -0.4 is 5.73 Å². The lowest BCUT2D eigenvalue weighted by Gasteiger charge is -2.25. The van der Waals surface area contributed by atoms with Crippen molar-refractivity contribution in [3.05, 3.63) is 47.7 Å². The summed E-state index contributed by atoms with van der Waals surface area (Å²) in [5.74, 6) is -0.594. The molecule has 0 saturated carbocycles. The number of nitrogens with zero attached hydrogens (tertiary/aromatic N) is 2. The second-order valence-electron chi connectivity index (χ2n) is 5.15. The van der Waals surface area contributed by atoms with E-state index < -0.39 is 12.1 Å². The van der Waals surface area contributed by atoms with Crippen molar-refractivity contribution in [2.45, 2.75) is 13.5 Å². The molecule has 0 aromatic heterocycles. The number of hydrogen-bond acceptors (Lipinski definition) is 6. The van der Waals surface area contributed by atoms with E-state index in [0.29, 0.717) is 18.8 Å². The van der Waals surface area contributed by atoms with Crippen molar-refractivity contribution < 1.29 is 19.1 Å². The first kappa shape index (κ1) is 17.5. The van der Waals surface area contributed by atoms with Gasteiger partial charge in [0.05, 0.1) is 25.4 Å². The highest BCUT2D eigenvalue weighted by atomic mass is 16.6. The van der Waals surface area contributed by atoms with E-state index in [1.165, 1.54) is 11.0 Å². The third-order valence-corrected chi connectivity index (χ3v) is 3.33. The molecule has 0 spiro atoms. The Bertz CT molecular complexity index is 640. The fourth-order valence-corrected chi connectivity index (χ4v) is 2.15. The molecule has 2 rings (SSSR count). The van der Waals surface area contributed by atoms with Crippen LogP contribution in [0.2, 0.25) is 0 Å². The van der Waals surface area contributed by atoms with Crippen LogP contribution in [0.4, 0.5) is 4.79 Å². The smallest absolute Gasteiger partial charge is 0.410 e. The van der Waals surface area contributed by atoms with Gasteiger partial charge in [0.15, 0.2) is 0 Å². The summed E-state index contributed by atoms with van der Waals surface area (Å²) in [6.07, 6.45) is 1.02. The number of hydrogen-bond donors (Lipinski definition) is 1. The SMILES string of the molecule is CCOC(=O)/C(N)=C/C1=NCCN(C(=O)OCc2ccccc2)C1. The van der Waals surface area contributed by atoms with E-state index >= 15 is 0 Å². The molecule has 1 amide bonds. The highest BCUT2D eigenvalue weighted by Gasteiger charge is 2.20. The molecule has 0 unspecified atom stereocenters. The lowest BCUT2D eigenvalue weighted by Crippen LogP contribution is -2.40. The highest BCUT2D eigenvalue weighted by molar-refractivity contribution is 6.04. The number of ether oxygens (including phenoxy) is 2. The fourth-order valence-electron chi connectivity index (χ4n) is 2.15. The molecule has 1 aromatic rings. The van der Waals surface area contributed by atoms with E-state index in [-0.39, 0.29) is 25.5 Å². The molecule has 0 saturated heterocycles. The molecule has 1 aliphatic rings. The molecule has 128 valence electrons.